The Morgan fingerprint density at radius 3 is 2.50 bits per heavy atom. The van der Waals surface area contributed by atoms with E-state index in [0.717, 1.165) is 28.1 Å². The fourth-order valence-electron chi connectivity index (χ4n) is 4.65. The molecule has 3 nitrogen and oxygen atoms in total. The molecular weight excluding hydrogens is 399 g/mol. The lowest BCUT2D eigenvalue weighted by atomic mass is 9.85. The molecule has 0 saturated heterocycles. The van der Waals surface area contributed by atoms with E-state index < -0.39 is 0 Å². The first-order valence-corrected chi connectivity index (χ1v) is 11.0. The van der Waals surface area contributed by atoms with Gasteiger partial charge in [-0.05, 0) is 86.7 Å². The van der Waals surface area contributed by atoms with Crippen LogP contribution in [0.1, 0.15) is 43.0 Å². The molecule has 0 radical (unpaired) electrons. The van der Waals surface area contributed by atoms with Crippen LogP contribution in [0.5, 0.6) is 5.75 Å². The summed E-state index contributed by atoms with van der Waals surface area (Å²) >= 11 is 0. The van der Waals surface area contributed by atoms with Crippen LogP contribution >= 0.6 is 0 Å². The van der Waals surface area contributed by atoms with E-state index in [0.29, 0.717) is 12.3 Å². The van der Waals surface area contributed by atoms with Crippen LogP contribution in [0.3, 0.4) is 0 Å². The summed E-state index contributed by atoms with van der Waals surface area (Å²) in [6.07, 6.45) is 2.27. The van der Waals surface area contributed by atoms with Gasteiger partial charge in [0.25, 0.3) is 0 Å². The second-order valence-corrected chi connectivity index (χ2v) is 9.13. The molecule has 2 N–H and O–H groups in total. The van der Waals surface area contributed by atoms with Crippen molar-refractivity contribution in [2.45, 2.75) is 46.7 Å². The van der Waals surface area contributed by atoms with E-state index in [1.807, 2.05) is 0 Å². The van der Waals surface area contributed by atoms with Crippen molar-refractivity contribution in [1.82, 2.24) is 0 Å². The number of benzene rings is 3. The SMILES string of the molecule is COc1cc(F)ccc1-c1ccc2c(c1CNc1cccc(C)c1C)C(C)=CC(C)(C)N2. The number of methoxy groups -OCH3 is 1. The molecule has 0 spiro atoms. The third-order valence-electron chi connectivity index (χ3n) is 6.26. The summed E-state index contributed by atoms with van der Waals surface area (Å²) in [6, 6.07) is 15.3. The minimum Gasteiger partial charge on any atom is -0.496 e. The highest BCUT2D eigenvalue weighted by Gasteiger charge is 2.26. The normalized spacial score (nSPS) is 14.3. The van der Waals surface area contributed by atoms with Crippen molar-refractivity contribution in [3.63, 3.8) is 0 Å². The summed E-state index contributed by atoms with van der Waals surface area (Å²) in [7, 11) is 1.58. The van der Waals surface area contributed by atoms with E-state index in [4.69, 9.17) is 4.74 Å². The van der Waals surface area contributed by atoms with E-state index in [1.54, 1.807) is 13.2 Å². The molecule has 0 atom stereocenters. The molecule has 1 aliphatic heterocycles. The van der Waals surface area contributed by atoms with Gasteiger partial charge in [0.05, 0.1) is 12.6 Å². The number of ether oxygens (including phenoxy) is 1. The Hall–Kier alpha value is -3.27. The third-order valence-corrected chi connectivity index (χ3v) is 6.26. The zero-order valence-electron chi connectivity index (χ0n) is 19.7. The molecule has 166 valence electrons. The van der Waals surface area contributed by atoms with Crippen LogP contribution in [-0.4, -0.2) is 12.6 Å². The van der Waals surface area contributed by atoms with Crippen molar-refractivity contribution >= 4 is 16.9 Å². The zero-order valence-corrected chi connectivity index (χ0v) is 19.7. The number of nitrogens with one attached hydrogen (secondary N) is 2. The van der Waals surface area contributed by atoms with Gasteiger partial charge in [-0.15, -0.1) is 0 Å². The largest absolute Gasteiger partial charge is 0.496 e. The number of fused-ring (bicyclic) bond motifs is 1. The molecule has 32 heavy (non-hydrogen) atoms. The topological polar surface area (TPSA) is 33.3 Å². The van der Waals surface area contributed by atoms with Crippen LogP contribution in [0.15, 0.2) is 54.6 Å². The average molecular weight is 431 g/mol. The van der Waals surface area contributed by atoms with Crippen molar-refractivity contribution in [2.75, 3.05) is 17.7 Å². The molecule has 1 aliphatic rings. The van der Waals surface area contributed by atoms with Gasteiger partial charge in [0.1, 0.15) is 11.6 Å². The monoisotopic (exact) mass is 430 g/mol. The first kappa shape index (κ1) is 21.9. The van der Waals surface area contributed by atoms with Gasteiger partial charge in [-0.3, -0.25) is 0 Å². The highest BCUT2D eigenvalue weighted by molar-refractivity contribution is 5.88. The van der Waals surface area contributed by atoms with Crippen LogP contribution in [0.25, 0.3) is 16.7 Å². The quantitative estimate of drug-likeness (QED) is 0.444. The number of rotatable bonds is 5. The van der Waals surface area contributed by atoms with Crippen LogP contribution < -0.4 is 15.4 Å². The number of anilines is 2. The molecule has 0 unspecified atom stereocenters. The summed E-state index contributed by atoms with van der Waals surface area (Å²) in [4.78, 5) is 0. The lowest BCUT2D eigenvalue weighted by molar-refractivity contribution is 0.413. The van der Waals surface area contributed by atoms with Gasteiger partial charge >= 0.3 is 0 Å². The van der Waals surface area contributed by atoms with Crippen LogP contribution in [0.4, 0.5) is 15.8 Å². The smallest absolute Gasteiger partial charge is 0.129 e. The Kier molecular flexibility index (Phi) is 5.72. The number of hydrogen-bond acceptors (Lipinski definition) is 3. The van der Waals surface area contributed by atoms with Gasteiger partial charge in [0.2, 0.25) is 0 Å². The van der Waals surface area contributed by atoms with E-state index in [-0.39, 0.29) is 11.4 Å². The van der Waals surface area contributed by atoms with Crippen molar-refractivity contribution in [3.8, 4) is 16.9 Å². The van der Waals surface area contributed by atoms with Gasteiger partial charge in [-0.1, -0.05) is 24.3 Å². The first-order chi connectivity index (χ1) is 15.2. The second kappa shape index (κ2) is 8.34. The molecule has 0 aromatic heterocycles. The molecule has 0 amide bonds. The van der Waals surface area contributed by atoms with E-state index in [1.165, 1.54) is 34.4 Å². The van der Waals surface area contributed by atoms with Crippen molar-refractivity contribution in [1.29, 1.82) is 0 Å². The standard InChI is InChI=1S/C28H31FN2O/c1-17-8-7-9-24(19(17)3)30-16-23-21(22-11-10-20(29)14-26(22)32-6)12-13-25-27(23)18(2)15-28(4,5)31-25/h7-15,30-31H,16H2,1-6H3. The lowest BCUT2D eigenvalue weighted by Crippen LogP contribution is -2.32. The Balaban J connectivity index is 1.88. The van der Waals surface area contributed by atoms with Gasteiger partial charge < -0.3 is 15.4 Å². The summed E-state index contributed by atoms with van der Waals surface area (Å²) in [5, 5.41) is 7.30. The Morgan fingerprint density at radius 1 is 1.00 bits per heavy atom. The molecule has 0 aliphatic carbocycles. The minimum absolute atomic E-state index is 0.121. The maximum Gasteiger partial charge on any atom is 0.129 e. The fourth-order valence-corrected chi connectivity index (χ4v) is 4.65. The number of aryl methyl sites for hydroxylation is 1. The molecule has 3 aromatic rings. The van der Waals surface area contributed by atoms with Gasteiger partial charge in [0, 0.05) is 35.1 Å². The van der Waals surface area contributed by atoms with Crippen molar-refractivity contribution < 1.29 is 9.13 Å². The first-order valence-electron chi connectivity index (χ1n) is 11.0. The van der Waals surface area contributed by atoms with E-state index >= 15 is 0 Å². The summed E-state index contributed by atoms with van der Waals surface area (Å²) < 4.78 is 19.5. The molecule has 0 bridgehead atoms. The second-order valence-electron chi connectivity index (χ2n) is 9.13. The minimum atomic E-state index is -0.307. The summed E-state index contributed by atoms with van der Waals surface area (Å²) in [5.74, 6) is 0.224. The van der Waals surface area contributed by atoms with Crippen LogP contribution in [0.2, 0.25) is 0 Å². The predicted molar refractivity (Wildman–Crippen MR) is 133 cm³/mol. The highest BCUT2D eigenvalue weighted by atomic mass is 19.1. The highest BCUT2D eigenvalue weighted by Crippen LogP contribution is 2.42. The zero-order chi connectivity index (χ0) is 23.0. The Morgan fingerprint density at radius 2 is 1.75 bits per heavy atom. The van der Waals surface area contributed by atoms with E-state index in [9.17, 15) is 4.39 Å². The molecule has 1 heterocycles. The van der Waals surface area contributed by atoms with Crippen LogP contribution in [-0.2, 0) is 6.54 Å². The molecule has 4 heteroatoms. The van der Waals surface area contributed by atoms with Gasteiger partial charge in [0.15, 0.2) is 0 Å². The third kappa shape index (κ3) is 4.10. The molecule has 4 rings (SSSR count). The maximum atomic E-state index is 13.9. The molecule has 3 aromatic carbocycles. The van der Waals surface area contributed by atoms with Gasteiger partial charge in [-0.25, -0.2) is 4.39 Å². The molecule has 0 saturated carbocycles. The summed E-state index contributed by atoms with van der Waals surface area (Å²) in [6.45, 7) is 11.4. The van der Waals surface area contributed by atoms with E-state index in [2.05, 4.69) is 81.7 Å². The van der Waals surface area contributed by atoms with Crippen molar-refractivity contribution in [2.24, 2.45) is 0 Å². The maximum absolute atomic E-state index is 13.9. The number of allylic oxidation sites excluding steroid dienone is 1. The van der Waals surface area contributed by atoms with Crippen LogP contribution in [0, 0.1) is 19.7 Å². The Labute approximate surface area is 190 Å². The average Bonchev–Trinajstić information content (AvgIpc) is 2.73. The van der Waals surface area contributed by atoms with Crippen molar-refractivity contribution in [3.05, 3.63) is 82.7 Å². The number of halogens is 1. The molecule has 0 fully saturated rings. The Bertz CT molecular complexity index is 1210. The fraction of sp³-hybridized carbons (Fsp3) is 0.286. The van der Waals surface area contributed by atoms with Gasteiger partial charge in [-0.2, -0.15) is 0 Å². The lowest BCUT2D eigenvalue weighted by Gasteiger charge is -2.33. The number of hydrogen-bond donors (Lipinski definition) is 2. The summed E-state index contributed by atoms with van der Waals surface area (Å²) in [5.41, 5.74) is 10.1. The molecular formula is C28H31FN2O. The predicted octanol–water partition coefficient (Wildman–Crippen LogP) is 7.34.